The third-order valence-corrected chi connectivity index (χ3v) is 3.28. The molecule has 0 spiro atoms. The van der Waals surface area contributed by atoms with Gasteiger partial charge in [0, 0.05) is 35.4 Å². The van der Waals surface area contributed by atoms with Crippen LogP contribution in [0.15, 0.2) is 35.1 Å². The van der Waals surface area contributed by atoms with Crippen molar-refractivity contribution in [3.05, 3.63) is 51.5 Å². The Hall–Kier alpha value is -1.13. The smallest absolute Gasteiger partial charge is 0.202 e. The highest BCUT2D eigenvalue weighted by Gasteiger charge is 2.13. The summed E-state index contributed by atoms with van der Waals surface area (Å²) in [6, 6.07) is 5.49. The van der Waals surface area contributed by atoms with Crippen LogP contribution in [0.25, 0.3) is 0 Å². The number of halogens is 2. The van der Waals surface area contributed by atoms with Gasteiger partial charge in [0.2, 0.25) is 5.78 Å². The van der Waals surface area contributed by atoms with Crippen LogP contribution in [-0.4, -0.2) is 15.3 Å². The standard InChI is InChI=1S/C12H10BrClN2O/c1-16-5-4-15-12(16)11(17)6-8-2-3-9(13)7-10(8)14/h2-5,7H,6H2,1H3. The summed E-state index contributed by atoms with van der Waals surface area (Å²) >= 11 is 9.39. The maximum atomic E-state index is 12.0. The first-order chi connectivity index (χ1) is 8.08. The van der Waals surface area contributed by atoms with E-state index in [4.69, 9.17) is 11.6 Å². The van der Waals surface area contributed by atoms with E-state index in [1.807, 2.05) is 12.1 Å². The van der Waals surface area contributed by atoms with Crippen LogP contribution in [0.5, 0.6) is 0 Å². The fourth-order valence-electron chi connectivity index (χ4n) is 1.55. The van der Waals surface area contributed by atoms with E-state index in [0.29, 0.717) is 10.8 Å². The fourth-order valence-corrected chi connectivity index (χ4v) is 2.29. The topological polar surface area (TPSA) is 34.9 Å². The highest BCUT2D eigenvalue weighted by Crippen LogP contribution is 2.22. The molecule has 1 aromatic heterocycles. The normalized spacial score (nSPS) is 10.5. The molecule has 2 rings (SSSR count). The van der Waals surface area contributed by atoms with Gasteiger partial charge >= 0.3 is 0 Å². The SMILES string of the molecule is Cn1ccnc1C(=O)Cc1ccc(Br)cc1Cl. The number of Topliss-reactive ketones (excluding diaryl/α,β-unsaturated/α-hetero) is 1. The van der Waals surface area contributed by atoms with Gasteiger partial charge in [-0.25, -0.2) is 4.98 Å². The molecule has 0 aliphatic carbocycles. The molecule has 0 amide bonds. The van der Waals surface area contributed by atoms with Crippen molar-refractivity contribution >= 4 is 33.3 Å². The van der Waals surface area contributed by atoms with Crippen molar-refractivity contribution in [1.29, 1.82) is 0 Å². The van der Waals surface area contributed by atoms with Gasteiger partial charge in [0.05, 0.1) is 0 Å². The van der Waals surface area contributed by atoms with Gasteiger partial charge in [-0.15, -0.1) is 0 Å². The fraction of sp³-hybridized carbons (Fsp3) is 0.167. The number of nitrogens with zero attached hydrogens (tertiary/aromatic N) is 2. The van der Waals surface area contributed by atoms with Crippen LogP contribution in [-0.2, 0) is 13.5 Å². The van der Waals surface area contributed by atoms with E-state index in [1.165, 1.54) is 0 Å². The summed E-state index contributed by atoms with van der Waals surface area (Å²) in [4.78, 5) is 16.0. The van der Waals surface area contributed by atoms with Crippen LogP contribution in [0.1, 0.15) is 16.2 Å². The zero-order valence-electron chi connectivity index (χ0n) is 9.15. The average Bonchev–Trinajstić information content (AvgIpc) is 2.68. The minimum absolute atomic E-state index is 0.0401. The van der Waals surface area contributed by atoms with E-state index in [-0.39, 0.29) is 12.2 Å². The highest BCUT2D eigenvalue weighted by atomic mass is 79.9. The average molecular weight is 314 g/mol. The summed E-state index contributed by atoms with van der Waals surface area (Å²) in [6.45, 7) is 0. The molecule has 5 heteroatoms. The molecule has 0 aliphatic heterocycles. The quantitative estimate of drug-likeness (QED) is 0.815. The zero-order valence-corrected chi connectivity index (χ0v) is 11.5. The van der Waals surface area contributed by atoms with Gasteiger partial charge in [-0.3, -0.25) is 4.79 Å². The van der Waals surface area contributed by atoms with E-state index in [1.54, 1.807) is 30.1 Å². The molecule has 1 aromatic carbocycles. The van der Waals surface area contributed by atoms with Crippen molar-refractivity contribution < 1.29 is 4.79 Å². The number of rotatable bonds is 3. The van der Waals surface area contributed by atoms with Crippen molar-refractivity contribution in [3.63, 3.8) is 0 Å². The van der Waals surface area contributed by atoms with Crippen molar-refractivity contribution in [2.45, 2.75) is 6.42 Å². The lowest BCUT2D eigenvalue weighted by Gasteiger charge is -2.04. The molecule has 2 aromatic rings. The predicted molar refractivity (Wildman–Crippen MR) is 70.4 cm³/mol. The largest absolute Gasteiger partial charge is 0.332 e. The van der Waals surface area contributed by atoms with Crippen LogP contribution in [0.3, 0.4) is 0 Å². The summed E-state index contributed by atoms with van der Waals surface area (Å²) in [5.74, 6) is 0.408. The number of hydrogen-bond acceptors (Lipinski definition) is 2. The molecule has 88 valence electrons. The molecule has 17 heavy (non-hydrogen) atoms. The van der Waals surface area contributed by atoms with Gasteiger partial charge < -0.3 is 4.57 Å². The molecule has 0 saturated heterocycles. The summed E-state index contributed by atoms with van der Waals surface area (Å²) in [5, 5.41) is 0.585. The molecule has 0 atom stereocenters. The molecule has 0 radical (unpaired) electrons. The Morgan fingerprint density at radius 2 is 2.29 bits per heavy atom. The van der Waals surface area contributed by atoms with Crippen LogP contribution < -0.4 is 0 Å². The first kappa shape index (κ1) is 12.3. The van der Waals surface area contributed by atoms with Gasteiger partial charge in [-0.1, -0.05) is 33.6 Å². The molecule has 0 aliphatic rings. The number of benzene rings is 1. The second kappa shape index (κ2) is 5.02. The molecule has 1 heterocycles. The third-order valence-electron chi connectivity index (χ3n) is 2.44. The van der Waals surface area contributed by atoms with Gasteiger partial charge in [0.15, 0.2) is 5.82 Å². The predicted octanol–water partition coefficient (Wildman–Crippen LogP) is 3.26. The summed E-state index contributed by atoms with van der Waals surface area (Å²) in [5.41, 5.74) is 0.808. The molecule has 0 fully saturated rings. The number of imidazole rings is 1. The van der Waals surface area contributed by atoms with Gasteiger partial charge in [-0.2, -0.15) is 0 Å². The molecular formula is C12H10BrClN2O. The lowest BCUT2D eigenvalue weighted by molar-refractivity contribution is 0.0980. The third kappa shape index (κ3) is 2.76. The number of aromatic nitrogens is 2. The Morgan fingerprint density at radius 1 is 1.53 bits per heavy atom. The Kier molecular flexibility index (Phi) is 3.64. The van der Waals surface area contributed by atoms with Crippen molar-refractivity contribution in [3.8, 4) is 0 Å². The Morgan fingerprint density at radius 3 is 2.88 bits per heavy atom. The number of ketones is 1. The zero-order chi connectivity index (χ0) is 12.4. The monoisotopic (exact) mass is 312 g/mol. The second-order valence-electron chi connectivity index (χ2n) is 3.70. The minimum Gasteiger partial charge on any atom is -0.332 e. The lowest BCUT2D eigenvalue weighted by Crippen LogP contribution is -2.10. The number of aryl methyl sites for hydroxylation is 1. The first-order valence-corrected chi connectivity index (χ1v) is 6.19. The van der Waals surface area contributed by atoms with Crippen molar-refractivity contribution in [2.24, 2.45) is 7.05 Å². The van der Waals surface area contributed by atoms with Crippen LogP contribution in [0.2, 0.25) is 5.02 Å². The Labute approximate surface area is 113 Å². The highest BCUT2D eigenvalue weighted by molar-refractivity contribution is 9.10. The Bertz CT molecular complexity index is 565. The van der Waals surface area contributed by atoms with Crippen molar-refractivity contribution in [1.82, 2.24) is 9.55 Å². The molecule has 0 unspecified atom stereocenters. The van der Waals surface area contributed by atoms with E-state index in [2.05, 4.69) is 20.9 Å². The van der Waals surface area contributed by atoms with E-state index in [0.717, 1.165) is 10.0 Å². The molecule has 0 saturated carbocycles. The Balaban J connectivity index is 2.22. The first-order valence-electron chi connectivity index (χ1n) is 5.02. The number of carbonyl (C=O) groups is 1. The lowest BCUT2D eigenvalue weighted by atomic mass is 10.1. The summed E-state index contributed by atoms with van der Waals surface area (Å²) < 4.78 is 2.60. The summed E-state index contributed by atoms with van der Waals surface area (Å²) in [7, 11) is 1.80. The summed E-state index contributed by atoms with van der Waals surface area (Å²) in [6.07, 6.45) is 3.61. The molecular weight excluding hydrogens is 304 g/mol. The van der Waals surface area contributed by atoms with Gasteiger partial charge in [0.1, 0.15) is 0 Å². The van der Waals surface area contributed by atoms with Gasteiger partial charge in [0.25, 0.3) is 0 Å². The number of hydrogen-bond donors (Lipinski definition) is 0. The van der Waals surface area contributed by atoms with Crippen LogP contribution in [0, 0.1) is 0 Å². The second-order valence-corrected chi connectivity index (χ2v) is 5.02. The van der Waals surface area contributed by atoms with E-state index < -0.39 is 0 Å². The molecule has 0 bridgehead atoms. The van der Waals surface area contributed by atoms with E-state index in [9.17, 15) is 4.79 Å². The maximum absolute atomic E-state index is 12.0. The molecule has 0 N–H and O–H groups in total. The van der Waals surface area contributed by atoms with Crippen LogP contribution >= 0.6 is 27.5 Å². The van der Waals surface area contributed by atoms with Crippen molar-refractivity contribution in [2.75, 3.05) is 0 Å². The maximum Gasteiger partial charge on any atom is 0.202 e. The van der Waals surface area contributed by atoms with E-state index >= 15 is 0 Å². The van der Waals surface area contributed by atoms with Crippen LogP contribution in [0.4, 0.5) is 0 Å². The molecule has 3 nitrogen and oxygen atoms in total. The van der Waals surface area contributed by atoms with Gasteiger partial charge in [-0.05, 0) is 17.7 Å². The minimum atomic E-state index is -0.0401. The number of carbonyl (C=O) groups excluding carboxylic acids is 1.